The van der Waals surface area contributed by atoms with Crippen molar-refractivity contribution in [3.05, 3.63) is 11.0 Å². The minimum absolute atomic E-state index is 0.0957. The van der Waals surface area contributed by atoms with Gasteiger partial charge in [0.1, 0.15) is 11.6 Å². The van der Waals surface area contributed by atoms with Crippen LogP contribution in [0.3, 0.4) is 0 Å². The van der Waals surface area contributed by atoms with E-state index in [0.717, 1.165) is 12.2 Å². The Labute approximate surface area is 95.5 Å². The maximum atomic E-state index is 11.2. The maximum absolute atomic E-state index is 11.2. The second kappa shape index (κ2) is 9.60. The summed E-state index contributed by atoms with van der Waals surface area (Å²) in [6, 6.07) is 1.84. The van der Waals surface area contributed by atoms with E-state index in [9.17, 15) is 4.79 Å². The summed E-state index contributed by atoms with van der Waals surface area (Å²) >= 11 is 1.49. The molecule has 0 rings (SSSR count). The van der Waals surface area contributed by atoms with Gasteiger partial charge < -0.3 is 4.74 Å². The number of hydrogen-bond donors (Lipinski definition) is 0. The van der Waals surface area contributed by atoms with E-state index < -0.39 is 5.97 Å². The van der Waals surface area contributed by atoms with E-state index in [0.29, 0.717) is 6.61 Å². The van der Waals surface area contributed by atoms with Crippen molar-refractivity contribution in [2.45, 2.75) is 33.1 Å². The Balaban J connectivity index is 3.90. The summed E-state index contributed by atoms with van der Waals surface area (Å²) in [6.45, 7) is 4.17. The summed E-state index contributed by atoms with van der Waals surface area (Å²) in [5, 5.41) is 10.3. The molecule has 0 heterocycles. The van der Waals surface area contributed by atoms with Crippen LogP contribution in [-0.2, 0) is 9.53 Å². The number of thioether (sulfide) groups is 1. The van der Waals surface area contributed by atoms with Crippen LogP contribution >= 0.6 is 11.8 Å². The molecule has 4 heteroatoms. The summed E-state index contributed by atoms with van der Waals surface area (Å²) in [6.07, 6.45) is 3.47. The third kappa shape index (κ3) is 7.03. The Kier molecular flexibility index (Phi) is 8.99. The lowest BCUT2D eigenvalue weighted by Gasteiger charge is -1.99. The molecule has 0 aromatic heterocycles. The summed E-state index contributed by atoms with van der Waals surface area (Å²) in [4.78, 5) is 11.2. The van der Waals surface area contributed by atoms with Gasteiger partial charge in [-0.15, -0.1) is 11.8 Å². The number of carbonyl (C=O) groups is 1. The highest BCUT2D eigenvalue weighted by Crippen LogP contribution is 2.11. The number of carbonyl (C=O) groups excluding carboxylic acids is 1. The van der Waals surface area contributed by atoms with Crippen LogP contribution in [-0.4, -0.2) is 18.3 Å². The fraction of sp³-hybridized carbons (Fsp3) is 0.636. The summed E-state index contributed by atoms with van der Waals surface area (Å²) < 4.78 is 4.73. The minimum atomic E-state index is -0.525. The number of nitriles is 1. The molecule has 0 atom stereocenters. The third-order valence-electron chi connectivity index (χ3n) is 1.68. The van der Waals surface area contributed by atoms with Crippen molar-refractivity contribution in [3.8, 4) is 6.07 Å². The van der Waals surface area contributed by atoms with Crippen molar-refractivity contribution in [2.24, 2.45) is 0 Å². The Morgan fingerprint density at radius 3 is 2.73 bits per heavy atom. The Morgan fingerprint density at radius 2 is 2.20 bits per heavy atom. The molecule has 15 heavy (non-hydrogen) atoms. The molecule has 0 aliphatic carbocycles. The first-order chi connectivity index (χ1) is 7.26. The van der Waals surface area contributed by atoms with E-state index in [4.69, 9.17) is 10.00 Å². The van der Waals surface area contributed by atoms with Gasteiger partial charge in [-0.3, -0.25) is 0 Å². The number of hydrogen-bond acceptors (Lipinski definition) is 4. The topological polar surface area (TPSA) is 50.1 Å². The molecule has 0 aromatic carbocycles. The highest BCUT2D eigenvalue weighted by atomic mass is 32.2. The monoisotopic (exact) mass is 227 g/mol. The second-order valence-electron chi connectivity index (χ2n) is 2.94. The van der Waals surface area contributed by atoms with Crippen molar-refractivity contribution in [3.63, 3.8) is 0 Å². The zero-order valence-corrected chi connectivity index (χ0v) is 10.1. The summed E-state index contributed by atoms with van der Waals surface area (Å²) in [5.41, 5.74) is 0.0957. The highest BCUT2D eigenvalue weighted by molar-refractivity contribution is 8.02. The lowest BCUT2D eigenvalue weighted by atomic mass is 10.3. The minimum Gasteiger partial charge on any atom is -0.462 e. The smallest absolute Gasteiger partial charge is 0.349 e. The van der Waals surface area contributed by atoms with Gasteiger partial charge in [0.25, 0.3) is 0 Å². The van der Waals surface area contributed by atoms with Gasteiger partial charge in [0.15, 0.2) is 0 Å². The van der Waals surface area contributed by atoms with E-state index in [1.54, 1.807) is 12.3 Å². The molecule has 0 aliphatic heterocycles. The number of unbranched alkanes of at least 4 members (excludes halogenated alkanes) is 2. The predicted octanol–water partition coefficient (Wildman–Crippen LogP) is 2.88. The zero-order valence-electron chi connectivity index (χ0n) is 9.28. The van der Waals surface area contributed by atoms with Gasteiger partial charge in [-0.1, -0.05) is 19.8 Å². The first-order valence-corrected chi connectivity index (χ1v) is 6.20. The lowest BCUT2D eigenvalue weighted by Crippen LogP contribution is -2.05. The molecule has 0 saturated carbocycles. The van der Waals surface area contributed by atoms with Crippen molar-refractivity contribution >= 4 is 17.7 Å². The fourth-order valence-corrected chi connectivity index (χ4v) is 1.71. The third-order valence-corrected chi connectivity index (χ3v) is 2.61. The summed E-state index contributed by atoms with van der Waals surface area (Å²) in [5.74, 6) is 0.418. The summed E-state index contributed by atoms with van der Waals surface area (Å²) in [7, 11) is 0. The van der Waals surface area contributed by atoms with Crippen LogP contribution in [0.5, 0.6) is 0 Å². The number of nitrogens with zero attached hydrogens (tertiary/aromatic N) is 1. The lowest BCUT2D eigenvalue weighted by molar-refractivity contribution is -0.137. The molecule has 0 amide bonds. The van der Waals surface area contributed by atoms with Crippen LogP contribution in [0.2, 0.25) is 0 Å². The van der Waals surface area contributed by atoms with Crippen LogP contribution in [0.25, 0.3) is 0 Å². The van der Waals surface area contributed by atoms with Crippen molar-refractivity contribution in [1.82, 2.24) is 0 Å². The largest absolute Gasteiger partial charge is 0.462 e. The molecule has 0 unspecified atom stereocenters. The SMILES string of the molecule is CCCCCS/C=C(/C#N)C(=O)OCC. The molecule has 0 radical (unpaired) electrons. The van der Waals surface area contributed by atoms with Crippen LogP contribution in [0.15, 0.2) is 11.0 Å². The molecule has 0 aliphatic rings. The quantitative estimate of drug-likeness (QED) is 0.290. The fourth-order valence-electron chi connectivity index (χ4n) is 0.907. The van der Waals surface area contributed by atoms with Crippen LogP contribution in [0, 0.1) is 11.3 Å². The zero-order chi connectivity index (χ0) is 11.5. The molecular weight excluding hydrogens is 210 g/mol. The van der Waals surface area contributed by atoms with Crippen molar-refractivity contribution in [1.29, 1.82) is 5.26 Å². The van der Waals surface area contributed by atoms with Crippen LogP contribution < -0.4 is 0 Å². The Morgan fingerprint density at radius 1 is 1.47 bits per heavy atom. The second-order valence-corrected chi connectivity index (χ2v) is 3.92. The Hall–Kier alpha value is -0.950. The Bertz CT molecular complexity index is 256. The molecule has 3 nitrogen and oxygen atoms in total. The molecule has 84 valence electrons. The van der Waals surface area contributed by atoms with Gasteiger partial charge >= 0.3 is 5.97 Å². The highest BCUT2D eigenvalue weighted by Gasteiger charge is 2.08. The maximum Gasteiger partial charge on any atom is 0.349 e. The molecule has 0 fully saturated rings. The molecule has 0 saturated heterocycles. The van der Waals surface area contributed by atoms with Gasteiger partial charge in [-0.25, -0.2) is 4.79 Å². The average Bonchev–Trinajstić information content (AvgIpc) is 2.23. The van der Waals surface area contributed by atoms with Crippen molar-refractivity contribution in [2.75, 3.05) is 12.4 Å². The van der Waals surface area contributed by atoms with Gasteiger partial charge in [0.05, 0.1) is 6.61 Å². The standard InChI is InChI=1S/C11H17NO2S/c1-3-5-6-7-15-9-10(8-12)11(13)14-4-2/h9H,3-7H2,1-2H3/b10-9-. The first-order valence-electron chi connectivity index (χ1n) is 5.15. The van der Waals surface area contributed by atoms with Gasteiger partial charge in [0.2, 0.25) is 0 Å². The number of ether oxygens (including phenoxy) is 1. The van der Waals surface area contributed by atoms with Crippen LogP contribution in [0.4, 0.5) is 0 Å². The normalized spacial score (nSPS) is 10.9. The molecular formula is C11H17NO2S. The van der Waals surface area contributed by atoms with E-state index in [2.05, 4.69) is 6.92 Å². The van der Waals surface area contributed by atoms with E-state index in [1.165, 1.54) is 24.6 Å². The van der Waals surface area contributed by atoms with Crippen molar-refractivity contribution < 1.29 is 9.53 Å². The molecule has 0 spiro atoms. The average molecular weight is 227 g/mol. The van der Waals surface area contributed by atoms with E-state index >= 15 is 0 Å². The number of esters is 1. The van der Waals surface area contributed by atoms with Crippen LogP contribution in [0.1, 0.15) is 33.1 Å². The predicted molar refractivity (Wildman–Crippen MR) is 62.3 cm³/mol. The van der Waals surface area contributed by atoms with Gasteiger partial charge in [0, 0.05) is 0 Å². The van der Waals surface area contributed by atoms with Gasteiger partial charge in [-0.2, -0.15) is 5.26 Å². The van der Waals surface area contributed by atoms with E-state index in [1.807, 2.05) is 6.07 Å². The first kappa shape index (κ1) is 14.1. The van der Waals surface area contributed by atoms with E-state index in [-0.39, 0.29) is 5.57 Å². The molecule has 0 aromatic rings. The number of rotatable bonds is 7. The molecule has 0 bridgehead atoms. The molecule has 0 N–H and O–H groups in total. The van der Waals surface area contributed by atoms with Gasteiger partial charge in [-0.05, 0) is 24.5 Å².